The summed E-state index contributed by atoms with van der Waals surface area (Å²) >= 11 is 0. The van der Waals surface area contributed by atoms with Crippen LogP contribution in [0.3, 0.4) is 0 Å². The van der Waals surface area contributed by atoms with E-state index in [1.54, 1.807) is 32.2 Å². The van der Waals surface area contributed by atoms with Crippen molar-refractivity contribution < 1.29 is 9.59 Å². The van der Waals surface area contributed by atoms with Gasteiger partial charge in [0.25, 0.3) is 5.91 Å². The topological polar surface area (TPSA) is 70.2 Å². The first-order valence-corrected chi connectivity index (χ1v) is 7.47. The van der Waals surface area contributed by atoms with Gasteiger partial charge >= 0.3 is 6.03 Å². The van der Waals surface area contributed by atoms with Gasteiger partial charge in [-0.1, -0.05) is 36.4 Å². The van der Waals surface area contributed by atoms with Gasteiger partial charge in [-0.15, -0.1) is 0 Å². The second-order valence-corrected chi connectivity index (χ2v) is 5.29. The first-order chi connectivity index (χ1) is 11.0. The monoisotopic (exact) mass is 311 g/mol. The molecule has 5 nitrogen and oxygen atoms in total. The number of carbonyl (C=O) groups is 2. The lowest BCUT2D eigenvalue weighted by molar-refractivity contribution is 0.0962. The second kappa shape index (κ2) is 7.45. The lowest BCUT2D eigenvalue weighted by Crippen LogP contribution is -2.31. The van der Waals surface area contributed by atoms with Crippen LogP contribution in [-0.2, 0) is 0 Å². The number of hydrogen-bond donors (Lipinski definition) is 3. The maximum atomic E-state index is 12.2. The molecule has 0 unspecified atom stereocenters. The third-order valence-corrected chi connectivity index (χ3v) is 3.70. The van der Waals surface area contributed by atoms with E-state index < -0.39 is 0 Å². The molecule has 2 aromatic carbocycles. The average molecular weight is 311 g/mol. The molecule has 23 heavy (non-hydrogen) atoms. The van der Waals surface area contributed by atoms with E-state index in [-0.39, 0.29) is 18.0 Å². The number of rotatable bonds is 4. The van der Waals surface area contributed by atoms with Gasteiger partial charge in [0.2, 0.25) is 0 Å². The van der Waals surface area contributed by atoms with Crippen LogP contribution in [0.5, 0.6) is 0 Å². The summed E-state index contributed by atoms with van der Waals surface area (Å²) < 4.78 is 0. The predicted octanol–water partition coefficient (Wildman–Crippen LogP) is 3.24. The average Bonchev–Trinajstić information content (AvgIpc) is 2.56. The van der Waals surface area contributed by atoms with E-state index >= 15 is 0 Å². The SMILES string of the molecule is CNC(=O)c1cccc(NC(=O)N[C@@H](C)c2ccccc2)c1C. The summed E-state index contributed by atoms with van der Waals surface area (Å²) in [6.07, 6.45) is 0. The Morgan fingerprint density at radius 2 is 1.70 bits per heavy atom. The van der Waals surface area contributed by atoms with Crippen molar-refractivity contribution in [3.05, 3.63) is 65.2 Å². The number of urea groups is 1. The van der Waals surface area contributed by atoms with Crippen molar-refractivity contribution in [1.29, 1.82) is 0 Å². The Balaban J connectivity index is 2.07. The number of carbonyl (C=O) groups excluding carboxylic acids is 2. The third-order valence-electron chi connectivity index (χ3n) is 3.70. The van der Waals surface area contributed by atoms with Crippen LogP contribution in [-0.4, -0.2) is 19.0 Å². The molecule has 0 aliphatic heterocycles. The number of nitrogens with one attached hydrogen (secondary N) is 3. The van der Waals surface area contributed by atoms with Crippen LogP contribution in [0.1, 0.15) is 34.5 Å². The summed E-state index contributed by atoms with van der Waals surface area (Å²) in [6.45, 7) is 3.73. The molecule has 0 aromatic heterocycles. The van der Waals surface area contributed by atoms with E-state index in [1.807, 2.05) is 37.3 Å². The van der Waals surface area contributed by atoms with Crippen molar-refractivity contribution in [2.45, 2.75) is 19.9 Å². The van der Waals surface area contributed by atoms with Crippen molar-refractivity contribution >= 4 is 17.6 Å². The Morgan fingerprint density at radius 3 is 2.35 bits per heavy atom. The molecule has 2 aromatic rings. The van der Waals surface area contributed by atoms with Crippen LogP contribution in [0.25, 0.3) is 0 Å². The maximum Gasteiger partial charge on any atom is 0.319 e. The molecule has 0 aliphatic rings. The maximum absolute atomic E-state index is 12.2. The molecule has 0 saturated heterocycles. The molecule has 0 radical (unpaired) electrons. The zero-order valence-corrected chi connectivity index (χ0v) is 13.5. The van der Waals surface area contributed by atoms with Crippen molar-refractivity contribution in [3.63, 3.8) is 0 Å². The minimum absolute atomic E-state index is 0.112. The van der Waals surface area contributed by atoms with Gasteiger partial charge in [0, 0.05) is 18.3 Å². The molecule has 0 heterocycles. The zero-order chi connectivity index (χ0) is 16.8. The van der Waals surface area contributed by atoms with Crippen molar-refractivity contribution in [2.75, 3.05) is 12.4 Å². The molecule has 0 bridgehead atoms. The molecule has 3 N–H and O–H groups in total. The third kappa shape index (κ3) is 4.10. The molecule has 0 saturated carbocycles. The van der Waals surface area contributed by atoms with Gasteiger partial charge in [0.1, 0.15) is 0 Å². The van der Waals surface area contributed by atoms with E-state index in [0.29, 0.717) is 11.3 Å². The summed E-state index contributed by atoms with van der Waals surface area (Å²) in [4.78, 5) is 24.0. The van der Waals surface area contributed by atoms with Gasteiger partial charge in [-0.2, -0.15) is 0 Å². The fourth-order valence-corrected chi connectivity index (χ4v) is 2.33. The van der Waals surface area contributed by atoms with Crippen LogP contribution < -0.4 is 16.0 Å². The largest absolute Gasteiger partial charge is 0.355 e. The van der Waals surface area contributed by atoms with E-state index in [9.17, 15) is 9.59 Å². The highest BCUT2D eigenvalue weighted by Crippen LogP contribution is 2.19. The smallest absolute Gasteiger partial charge is 0.319 e. The van der Waals surface area contributed by atoms with Crippen LogP contribution in [0, 0.1) is 6.92 Å². The van der Waals surface area contributed by atoms with Crippen LogP contribution in [0.4, 0.5) is 10.5 Å². The minimum Gasteiger partial charge on any atom is -0.355 e. The van der Waals surface area contributed by atoms with E-state index in [4.69, 9.17) is 0 Å². The fraction of sp³-hybridized carbons (Fsp3) is 0.222. The van der Waals surface area contributed by atoms with Crippen molar-refractivity contribution in [2.24, 2.45) is 0 Å². The molecule has 1 atom stereocenters. The van der Waals surface area contributed by atoms with Gasteiger partial charge in [-0.3, -0.25) is 4.79 Å². The summed E-state index contributed by atoms with van der Waals surface area (Å²) in [6, 6.07) is 14.5. The van der Waals surface area contributed by atoms with Gasteiger partial charge in [-0.05, 0) is 37.1 Å². The molecule has 120 valence electrons. The Hall–Kier alpha value is -2.82. The van der Waals surface area contributed by atoms with Gasteiger partial charge in [0.05, 0.1) is 6.04 Å². The number of hydrogen-bond acceptors (Lipinski definition) is 2. The first-order valence-electron chi connectivity index (χ1n) is 7.47. The van der Waals surface area contributed by atoms with E-state index in [2.05, 4.69) is 16.0 Å². The van der Waals surface area contributed by atoms with Gasteiger partial charge in [0.15, 0.2) is 0 Å². The lowest BCUT2D eigenvalue weighted by Gasteiger charge is -2.16. The highest BCUT2D eigenvalue weighted by atomic mass is 16.2. The number of anilines is 1. The molecular weight excluding hydrogens is 290 g/mol. The minimum atomic E-state index is -0.307. The number of benzene rings is 2. The summed E-state index contributed by atoms with van der Waals surface area (Å²) in [5, 5.41) is 8.27. The molecular formula is C18H21N3O2. The van der Waals surface area contributed by atoms with Crippen molar-refractivity contribution in [1.82, 2.24) is 10.6 Å². The van der Waals surface area contributed by atoms with Crippen LogP contribution in [0.2, 0.25) is 0 Å². The summed E-state index contributed by atoms with van der Waals surface area (Å²) in [5.41, 5.74) is 2.91. The zero-order valence-electron chi connectivity index (χ0n) is 13.5. The number of amides is 3. The highest BCUT2D eigenvalue weighted by Gasteiger charge is 2.13. The van der Waals surface area contributed by atoms with E-state index in [1.165, 1.54) is 0 Å². The predicted molar refractivity (Wildman–Crippen MR) is 91.6 cm³/mol. The molecule has 0 fully saturated rings. The lowest BCUT2D eigenvalue weighted by atomic mass is 10.1. The highest BCUT2D eigenvalue weighted by molar-refractivity contribution is 5.98. The Bertz CT molecular complexity index is 699. The summed E-state index contributed by atoms with van der Waals surface area (Å²) in [5.74, 6) is -0.177. The molecule has 3 amide bonds. The Labute approximate surface area is 136 Å². The van der Waals surface area contributed by atoms with Crippen molar-refractivity contribution in [3.8, 4) is 0 Å². The van der Waals surface area contributed by atoms with E-state index in [0.717, 1.165) is 11.1 Å². The molecule has 2 rings (SSSR count). The normalized spacial score (nSPS) is 11.4. The molecule has 5 heteroatoms. The Morgan fingerprint density at radius 1 is 1.00 bits per heavy atom. The van der Waals surface area contributed by atoms with Crippen LogP contribution in [0.15, 0.2) is 48.5 Å². The van der Waals surface area contributed by atoms with Gasteiger partial charge in [-0.25, -0.2) is 4.79 Å². The quantitative estimate of drug-likeness (QED) is 0.811. The standard InChI is InChI=1S/C18H21N3O2/c1-12-15(17(22)19-3)10-7-11-16(12)21-18(23)20-13(2)14-8-5-4-6-9-14/h4-11,13H,1-3H3,(H,19,22)(H2,20,21,23)/t13-/m0/s1. The Kier molecular flexibility index (Phi) is 5.36. The first kappa shape index (κ1) is 16.5. The second-order valence-electron chi connectivity index (χ2n) is 5.29. The van der Waals surface area contributed by atoms with Gasteiger partial charge < -0.3 is 16.0 Å². The molecule has 0 spiro atoms. The fourth-order valence-electron chi connectivity index (χ4n) is 2.33. The van der Waals surface area contributed by atoms with Crippen LogP contribution >= 0.6 is 0 Å². The molecule has 0 aliphatic carbocycles. The summed E-state index contributed by atoms with van der Waals surface area (Å²) in [7, 11) is 1.58.